The Morgan fingerprint density at radius 3 is 2.41 bits per heavy atom. The molecule has 0 aliphatic heterocycles. The molecule has 0 saturated heterocycles. The minimum atomic E-state index is 0.462. The van der Waals surface area contributed by atoms with Gasteiger partial charge < -0.3 is 9.84 Å². The van der Waals surface area contributed by atoms with Crippen molar-refractivity contribution in [1.29, 1.82) is 0 Å². The first-order chi connectivity index (χ1) is 13.2. The standard InChI is InChI=1S/C22H20N4O/c1-15-7-9-17(10-8-15)21-25-22(27-26-21)19-11-12-20(24-14-19)23-13-18-6-4-3-5-16(18)2/h3-12,14H,13H2,1-2H3,(H,23,24). The van der Waals surface area contributed by atoms with E-state index in [2.05, 4.69) is 39.5 Å². The summed E-state index contributed by atoms with van der Waals surface area (Å²) in [5, 5.41) is 7.41. The van der Waals surface area contributed by atoms with E-state index in [0.717, 1.165) is 23.5 Å². The molecule has 0 saturated carbocycles. The first-order valence-electron chi connectivity index (χ1n) is 8.84. The first kappa shape index (κ1) is 17.0. The number of nitrogens with one attached hydrogen (secondary N) is 1. The van der Waals surface area contributed by atoms with Crippen molar-refractivity contribution >= 4 is 5.82 Å². The summed E-state index contributed by atoms with van der Waals surface area (Å²) >= 11 is 0. The van der Waals surface area contributed by atoms with Gasteiger partial charge in [0.25, 0.3) is 5.89 Å². The molecule has 2 heterocycles. The van der Waals surface area contributed by atoms with Crippen LogP contribution >= 0.6 is 0 Å². The van der Waals surface area contributed by atoms with Gasteiger partial charge in [0, 0.05) is 18.3 Å². The van der Waals surface area contributed by atoms with Crippen LogP contribution in [0.1, 0.15) is 16.7 Å². The van der Waals surface area contributed by atoms with Crippen molar-refractivity contribution in [1.82, 2.24) is 15.1 Å². The van der Waals surface area contributed by atoms with E-state index in [-0.39, 0.29) is 0 Å². The van der Waals surface area contributed by atoms with Gasteiger partial charge in [-0.05, 0) is 37.1 Å². The molecule has 0 unspecified atom stereocenters. The molecule has 5 nitrogen and oxygen atoms in total. The van der Waals surface area contributed by atoms with Crippen LogP contribution in [-0.2, 0) is 6.54 Å². The second-order valence-corrected chi connectivity index (χ2v) is 6.50. The molecular formula is C22H20N4O. The average molecular weight is 356 g/mol. The normalized spacial score (nSPS) is 10.7. The van der Waals surface area contributed by atoms with Gasteiger partial charge in [-0.25, -0.2) is 4.98 Å². The molecule has 4 aromatic rings. The number of pyridine rings is 1. The maximum Gasteiger partial charge on any atom is 0.259 e. The summed E-state index contributed by atoms with van der Waals surface area (Å²) in [5.41, 5.74) is 5.43. The van der Waals surface area contributed by atoms with Gasteiger partial charge >= 0.3 is 0 Å². The van der Waals surface area contributed by atoms with Gasteiger partial charge in [-0.15, -0.1) is 0 Å². The number of hydrogen-bond acceptors (Lipinski definition) is 5. The van der Waals surface area contributed by atoms with Crippen LogP contribution in [0.2, 0.25) is 0 Å². The summed E-state index contributed by atoms with van der Waals surface area (Å²) in [7, 11) is 0. The summed E-state index contributed by atoms with van der Waals surface area (Å²) in [6, 6.07) is 20.2. The fourth-order valence-corrected chi connectivity index (χ4v) is 2.78. The average Bonchev–Trinajstić information content (AvgIpc) is 3.18. The summed E-state index contributed by atoms with van der Waals surface area (Å²) in [4.78, 5) is 8.93. The summed E-state index contributed by atoms with van der Waals surface area (Å²) < 4.78 is 5.40. The predicted molar refractivity (Wildman–Crippen MR) is 106 cm³/mol. The molecule has 0 bridgehead atoms. The van der Waals surface area contributed by atoms with Crippen molar-refractivity contribution in [3.63, 3.8) is 0 Å². The van der Waals surface area contributed by atoms with E-state index < -0.39 is 0 Å². The van der Waals surface area contributed by atoms with Gasteiger partial charge in [-0.2, -0.15) is 4.98 Å². The highest BCUT2D eigenvalue weighted by molar-refractivity contribution is 5.60. The van der Waals surface area contributed by atoms with Gasteiger partial charge in [0.05, 0.1) is 5.56 Å². The first-order valence-corrected chi connectivity index (χ1v) is 8.84. The Morgan fingerprint density at radius 1 is 0.889 bits per heavy atom. The van der Waals surface area contributed by atoms with Crippen LogP contribution in [0.4, 0.5) is 5.82 Å². The molecule has 134 valence electrons. The third kappa shape index (κ3) is 3.87. The molecule has 0 aliphatic carbocycles. The van der Waals surface area contributed by atoms with Crippen LogP contribution in [-0.4, -0.2) is 15.1 Å². The Kier molecular flexibility index (Phi) is 4.66. The molecule has 0 spiro atoms. The lowest BCUT2D eigenvalue weighted by atomic mass is 10.1. The van der Waals surface area contributed by atoms with Crippen molar-refractivity contribution in [2.24, 2.45) is 0 Å². The van der Waals surface area contributed by atoms with Crippen LogP contribution in [0.25, 0.3) is 22.8 Å². The Bertz CT molecular complexity index is 1040. The van der Waals surface area contributed by atoms with E-state index in [9.17, 15) is 0 Å². The van der Waals surface area contributed by atoms with Crippen LogP contribution in [0, 0.1) is 13.8 Å². The maximum atomic E-state index is 5.40. The van der Waals surface area contributed by atoms with Gasteiger partial charge in [0.15, 0.2) is 0 Å². The number of benzene rings is 2. The van der Waals surface area contributed by atoms with Crippen LogP contribution in [0.3, 0.4) is 0 Å². The Hall–Kier alpha value is -3.47. The summed E-state index contributed by atoms with van der Waals surface area (Å²) in [6.45, 7) is 4.89. The molecule has 5 heteroatoms. The minimum absolute atomic E-state index is 0.462. The van der Waals surface area contributed by atoms with E-state index in [1.54, 1.807) is 6.20 Å². The third-order valence-corrected chi connectivity index (χ3v) is 4.47. The highest BCUT2D eigenvalue weighted by atomic mass is 16.5. The Morgan fingerprint density at radius 2 is 1.67 bits per heavy atom. The minimum Gasteiger partial charge on any atom is -0.366 e. The summed E-state index contributed by atoms with van der Waals surface area (Å²) in [6.07, 6.45) is 1.74. The molecule has 0 aliphatic rings. The lowest BCUT2D eigenvalue weighted by Gasteiger charge is -2.08. The van der Waals surface area contributed by atoms with Gasteiger partial charge in [-0.1, -0.05) is 59.3 Å². The van der Waals surface area contributed by atoms with Crippen molar-refractivity contribution in [2.45, 2.75) is 20.4 Å². The topological polar surface area (TPSA) is 63.8 Å². The zero-order valence-corrected chi connectivity index (χ0v) is 15.3. The highest BCUT2D eigenvalue weighted by Crippen LogP contribution is 2.23. The molecule has 2 aromatic carbocycles. The molecule has 1 N–H and O–H groups in total. The fourth-order valence-electron chi connectivity index (χ4n) is 2.78. The Balaban J connectivity index is 1.46. The fraction of sp³-hybridized carbons (Fsp3) is 0.136. The largest absolute Gasteiger partial charge is 0.366 e. The summed E-state index contributed by atoms with van der Waals surface area (Å²) in [5.74, 6) is 1.84. The van der Waals surface area contributed by atoms with E-state index in [0.29, 0.717) is 11.7 Å². The van der Waals surface area contributed by atoms with Gasteiger partial charge in [0.2, 0.25) is 5.82 Å². The second-order valence-electron chi connectivity index (χ2n) is 6.50. The lowest BCUT2D eigenvalue weighted by molar-refractivity contribution is 0.432. The zero-order valence-electron chi connectivity index (χ0n) is 15.3. The van der Waals surface area contributed by atoms with Crippen LogP contribution in [0.5, 0.6) is 0 Å². The molecule has 0 amide bonds. The molecule has 0 atom stereocenters. The van der Waals surface area contributed by atoms with Crippen molar-refractivity contribution in [3.05, 3.63) is 83.6 Å². The number of aromatic nitrogens is 3. The number of anilines is 1. The van der Waals surface area contributed by atoms with Gasteiger partial charge in [0.1, 0.15) is 5.82 Å². The molecule has 4 rings (SSSR count). The molecule has 27 heavy (non-hydrogen) atoms. The molecule has 2 aromatic heterocycles. The van der Waals surface area contributed by atoms with E-state index >= 15 is 0 Å². The van der Waals surface area contributed by atoms with Crippen LogP contribution in [0.15, 0.2) is 71.4 Å². The monoisotopic (exact) mass is 356 g/mol. The number of hydrogen-bond donors (Lipinski definition) is 1. The van der Waals surface area contributed by atoms with Gasteiger partial charge in [-0.3, -0.25) is 0 Å². The smallest absolute Gasteiger partial charge is 0.259 e. The van der Waals surface area contributed by atoms with Crippen molar-refractivity contribution in [3.8, 4) is 22.8 Å². The third-order valence-electron chi connectivity index (χ3n) is 4.47. The lowest BCUT2D eigenvalue weighted by Crippen LogP contribution is -2.02. The van der Waals surface area contributed by atoms with Crippen molar-refractivity contribution < 1.29 is 4.52 Å². The molecular weight excluding hydrogens is 336 g/mol. The number of aryl methyl sites for hydroxylation is 2. The van der Waals surface area contributed by atoms with E-state index in [1.807, 2.05) is 55.5 Å². The maximum absolute atomic E-state index is 5.40. The SMILES string of the molecule is Cc1ccc(-c2noc(-c3ccc(NCc4ccccc4C)nc3)n2)cc1. The molecule has 0 radical (unpaired) electrons. The van der Waals surface area contributed by atoms with Crippen molar-refractivity contribution in [2.75, 3.05) is 5.32 Å². The Labute approximate surface area is 158 Å². The number of nitrogens with zero attached hydrogens (tertiary/aromatic N) is 3. The number of rotatable bonds is 5. The van der Waals surface area contributed by atoms with E-state index in [4.69, 9.17) is 4.52 Å². The quantitative estimate of drug-likeness (QED) is 0.543. The predicted octanol–water partition coefficient (Wildman–Crippen LogP) is 5.03. The highest BCUT2D eigenvalue weighted by Gasteiger charge is 2.11. The van der Waals surface area contributed by atoms with E-state index in [1.165, 1.54) is 16.7 Å². The molecule has 0 fully saturated rings. The van der Waals surface area contributed by atoms with Crippen LogP contribution < -0.4 is 5.32 Å². The second kappa shape index (κ2) is 7.41. The zero-order chi connectivity index (χ0) is 18.6.